The van der Waals surface area contributed by atoms with Crippen molar-refractivity contribution in [2.45, 2.75) is 19.4 Å². The number of fused-ring (bicyclic) bond motifs is 1. The lowest BCUT2D eigenvalue weighted by Crippen LogP contribution is -2.44. The van der Waals surface area contributed by atoms with Crippen LogP contribution in [0.3, 0.4) is 0 Å². The average Bonchev–Trinajstić information content (AvgIpc) is 3.09. The van der Waals surface area contributed by atoms with E-state index in [9.17, 15) is 19.2 Å². The van der Waals surface area contributed by atoms with E-state index in [1.54, 1.807) is 24.3 Å². The first-order chi connectivity index (χ1) is 16.0. The third kappa shape index (κ3) is 4.67. The maximum Gasteiger partial charge on any atom is 0.329 e. The maximum atomic E-state index is 12.5. The third-order valence-electron chi connectivity index (χ3n) is 5.43. The molecule has 0 aromatic heterocycles. The van der Waals surface area contributed by atoms with Crippen LogP contribution in [0.2, 0.25) is 0 Å². The van der Waals surface area contributed by atoms with Crippen molar-refractivity contribution in [3.63, 3.8) is 0 Å². The number of para-hydroxylation sites is 1. The summed E-state index contributed by atoms with van der Waals surface area (Å²) in [5.41, 5.74) is 3.13. The van der Waals surface area contributed by atoms with Crippen LogP contribution in [-0.4, -0.2) is 41.2 Å². The smallest absolute Gasteiger partial charge is 0.329 e. The Morgan fingerprint density at radius 3 is 2.09 bits per heavy atom. The minimum Gasteiger partial charge on any atom is -0.454 e. The largest absolute Gasteiger partial charge is 0.454 e. The summed E-state index contributed by atoms with van der Waals surface area (Å²) in [7, 11) is 0. The van der Waals surface area contributed by atoms with Gasteiger partial charge in [0.15, 0.2) is 6.61 Å². The molecule has 0 radical (unpaired) electrons. The summed E-state index contributed by atoms with van der Waals surface area (Å²) in [5, 5.41) is 2.76. The first-order valence-electron chi connectivity index (χ1n) is 10.5. The number of anilines is 1. The number of carbonyl (C=O) groups excluding carboxylic acids is 4. The molecule has 7 heteroatoms. The van der Waals surface area contributed by atoms with Crippen LogP contribution in [0.25, 0.3) is 0 Å². The van der Waals surface area contributed by atoms with Gasteiger partial charge in [0.1, 0.15) is 6.04 Å². The summed E-state index contributed by atoms with van der Waals surface area (Å²) in [6, 6.07) is 22.4. The number of imide groups is 1. The molecular formula is C26H22N2O5. The zero-order valence-corrected chi connectivity index (χ0v) is 18.0. The Labute approximate surface area is 191 Å². The van der Waals surface area contributed by atoms with Crippen LogP contribution in [0.15, 0.2) is 78.9 Å². The number of nitrogens with zero attached hydrogens (tertiary/aromatic N) is 1. The predicted octanol–water partition coefficient (Wildman–Crippen LogP) is 3.44. The minimum atomic E-state index is -1.16. The lowest BCUT2D eigenvalue weighted by molar-refractivity contribution is -0.150. The molecule has 1 aliphatic rings. The van der Waals surface area contributed by atoms with E-state index in [1.807, 2.05) is 42.5 Å². The van der Waals surface area contributed by atoms with Crippen molar-refractivity contribution >= 4 is 29.4 Å². The van der Waals surface area contributed by atoms with Crippen molar-refractivity contribution < 1.29 is 23.9 Å². The van der Waals surface area contributed by atoms with Gasteiger partial charge in [-0.05, 0) is 42.7 Å². The number of esters is 1. The Morgan fingerprint density at radius 2 is 1.42 bits per heavy atom. The molecule has 0 fully saturated rings. The van der Waals surface area contributed by atoms with Crippen LogP contribution in [-0.2, 0) is 20.7 Å². The fourth-order valence-corrected chi connectivity index (χ4v) is 3.72. The van der Waals surface area contributed by atoms with Gasteiger partial charge in [0.2, 0.25) is 0 Å². The fourth-order valence-electron chi connectivity index (χ4n) is 3.72. The van der Waals surface area contributed by atoms with E-state index in [1.165, 1.54) is 19.1 Å². The second-order valence-corrected chi connectivity index (χ2v) is 7.68. The summed E-state index contributed by atoms with van der Waals surface area (Å²) >= 11 is 0. The number of amides is 3. The summed E-state index contributed by atoms with van der Waals surface area (Å²) < 4.78 is 5.11. The first-order valence-corrected chi connectivity index (χ1v) is 10.5. The molecule has 1 atom stereocenters. The van der Waals surface area contributed by atoms with Crippen LogP contribution in [0, 0.1) is 0 Å². The minimum absolute atomic E-state index is 0.245. The maximum absolute atomic E-state index is 12.5. The van der Waals surface area contributed by atoms with Gasteiger partial charge in [-0.3, -0.25) is 19.3 Å². The second kappa shape index (κ2) is 9.48. The second-order valence-electron chi connectivity index (χ2n) is 7.68. The number of rotatable bonds is 7. The topological polar surface area (TPSA) is 92.8 Å². The summed E-state index contributed by atoms with van der Waals surface area (Å²) in [6.07, 6.45) is 0.633. The quantitative estimate of drug-likeness (QED) is 0.447. The number of carbonyl (C=O) groups is 4. The van der Waals surface area contributed by atoms with E-state index in [-0.39, 0.29) is 11.1 Å². The van der Waals surface area contributed by atoms with Crippen LogP contribution in [0.1, 0.15) is 38.8 Å². The van der Waals surface area contributed by atoms with E-state index in [0.29, 0.717) is 12.1 Å². The molecule has 166 valence electrons. The van der Waals surface area contributed by atoms with Crippen molar-refractivity contribution in [1.29, 1.82) is 0 Å². The van der Waals surface area contributed by atoms with Crippen LogP contribution < -0.4 is 5.32 Å². The molecule has 4 rings (SSSR count). The molecule has 33 heavy (non-hydrogen) atoms. The van der Waals surface area contributed by atoms with Gasteiger partial charge in [0.05, 0.1) is 11.1 Å². The van der Waals surface area contributed by atoms with Gasteiger partial charge in [-0.2, -0.15) is 0 Å². The van der Waals surface area contributed by atoms with Crippen LogP contribution >= 0.6 is 0 Å². The molecule has 1 aliphatic heterocycles. The number of ether oxygens (including phenoxy) is 1. The Hall–Kier alpha value is -4.26. The lowest BCUT2D eigenvalue weighted by Gasteiger charge is -2.20. The SMILES string of the molecule is CC(C(=O)OCC(=O)Nc1ccccc1Cc1ccccc1)N1C(=O)c2ccccc2C1=O. The third-order valence-corrected chi connectivity index (χ3v) is 5.43. The Balaban J connectivity index is 1.36. The van der Waals surface area contributed by atoms with Crippen molar-refractivity contribution in [3.05, 3.63) is 101 Å². The number of nitrogens with one attached hydrogen (secondary N) is 1. The van der Waals surface area contributed by atoms with Gasteiger partial charge >= 0.3 is 5.97 Å². The van der Waals surface area contributed by atoms with Crippen LogP contribution in [0.5, 0.6) is 0 Å². The van der Waals surface area contributed by atoms with E-state index in [0.717, 1.165) is 16.0 Å². The normalized spacial score (nSPS) is 13.4. The highest BCUT2D eigenvalue weighted by molar-refractivity contribution is 6.22. The highest BCUT2D eigenvalue weighted by Gasteiger charge is 2.41. The van der Waals surface area contributed by atoms with E-state index < -0.39 is 36.3 Å². The molecular weight excluding hydrogens is 420 g/mol. The van der Waals surface area contributed by atoms with Gasteiger partial charge < -0.3 is 10.1 Å². The monoisotopic (exact) mass is 442 g/mol. The molecule has 7 nitrogen and oxygen atoms in total. The fraction of sp³-hybridized carbons (Fsp3) is 0.154. The van der Waals surface area contributed by atoms with E-state index >= 15 is 0 Å². The molecule has 3 aromatic rings. The first kappa shape index (κ1) is 22.0. The number of hydrogen-bond acceptors (Lipinski definition) is 5. The molecule has 1 heterocycles. The molecule has 1 unspecified atom stereocenters. The zero-order chi connectivity index (χ0) is 23.4. The van der Waals surface area contributed by atoms with Crippen molar-refractivity contribution in [2.24, 2.45) is 0 Å². The van der Waals surface area contributed by atoms with Crippen molar-refractivity contribution in [2.75, 3.05) is 11.9 Å². The van der Waals surface area contributed by atoms with Gasteiger partial charge in [-0.25, -0.2) is 4.79 Å². The molecule has 0 spiro atoms. The van der Waals surface area contributed by atoms with Gasteiger partial charge in [-0.1, -0.05) is 60.7 Å². The van der Waals surface area contributed by atoms with Gasteiger partial charge in [0.25, 0.3) is 17.7 Å². The number of benzene rings is 3. The summed E-state index contributed by atoms with van der Waals surface area (Å²) in [4.78, 5) is 50.9. The Bertz CT molecular complexity index is 1190. The van der Waals surface area contributed by atoms with Crippen molar-refractivity contribution in [1.82, 2.24) is 4.90 Å². The van der Waals surface area contributed by atoms with Gasteiger partial charge in [-0.15, -0.1) is 0 Å². The molecule has 0 bridgehead atoms. The lowest BCUT2D eigenvalue weighted by atomic mass is 10.0. The standard InChI is InChI=1S/C26H22N2O5/c1-17(28-24(30)20-12-6-7-13-21(20)25(28)31)26(32)33-16-23(29)27-22-14-8-5-11-19(22)15-18-9-3-2-4-10-18/h2-14,17H,15-16H2,1H3,(H,27,29). The Kier molecular flexibility index (Phi) is 6.31. The highest BCUT2D eigenvalue weighted by atomic mass is 16.5. The Morgan fingerprint density at radius 1 is 0.848 bits per heavy atom. The highest BCUT2D eigenvalue weighted by Crippen LogP contribution is 2.25. The van der Waals surface area contributed by atoms with Crippen LogP contribution in [0.4, 0.5) is 5.69 Å². The van der Waals surface area contributed by atoms with E-state index in [4.69, 9.17) is 4.74 Å². The zero-order valence-electron chi connectivity index (χ0n) is 18.0. The molecule has 0 saturated carbocycles. The summed E-state index contributed by atoms with van der Waals surface area (Å²) in [5.74, 6) is -2.46. The molecule has 0 saturated heterocycles. The number of hydrogen-bond donors (Lipinski definition) is 1. The molecule has 3 aromatic carbocycles. The van der Waals surface area contributed by atoms with Crippen molar-refractivity contribution in [3.8, 4) is 0 Å². The molecule has 1 N–H and O–H groups in total. The molecule has 3 amide bonds. The predicted molar refractivity (Wildman–Crippen MR) is 122 cm³/mol. The average molecular weight is 442 g/mol. The van der Waals surface area contributed by atoms with E-state index in [2.05, 4.69) is 5.32 Å². The molecule has 0 aliphatic carbocycles. The van der Waals surface area contributed by atoms with Gasteiger partial charge in [0, 0.05) is 5.69 Å². The summed E-state index contributed by atoms with van der Waals surface area (Å²) in [6.45, 7) is 0.864.